The molecule has 156 valence electrons. The lowest BCUT2D eigenvalue weighted by atomic mass is 10.1. The minimum Gasteiger partial charge on any atom is -0.283 e. The molecule has 1 saturated heterocycles. The van der Waals surface area contributed by atoms with Crippen molar-refractivity contribution in [3.05, 3.63) is 68.8 Å². The van der Waals surface area contributed by atoms with Crippen molar-refractivity contribution in [1.82, 2.24) is 20.2 Å². The van der Waals surface area contributed by atoms with Gasteiger partial charge in [0.25, 0.3) is 5.91 Å². The molecule has 1 amide bonds. The molecule has 1 aliphatic rings. The molecule has 0 saturated carbocycles. The molecule has 5 nitrogen and oxygen atoms in total. The van der Waals surface area contributed by atoms with Crippen LogP contribution in [0.15, 0.2) is 42.5 Å². The van der Waals surface area contributed by atoms with E-state index in [0.29, 0.717) is 20.6 Å². The van der Waals surface area contributed by atoms with Gasteiger partial charge >= 0.3 is 0 Å². The fourth-order valence-corrected chi connectivity index (χ4v) is 3.65. The lowest BCUT2D eigenvalue weighted by Gasteiger charge is -2.26. The second-order valence-electron chi connectivity index (χ2n) is 6.53. The third-order valence-electron chi connectivity index (χ3n) is 4.46. The van der Waals surface area contributed by atoms with Crippen LogP contribution < -0.4 is 5.43 Å². The largest absolute Gasteiger partial charge is 0.286 e. The Hall–Kier alpha value is -2.05. The number of benzene rings is 2. The summed E-state index contributed by atoms with van der Waals surface area (Å²) in [5, 5.41) is 5.77. The van der Waals surface area contributed by atoms with E-state index in [-0.39, 0.29) is 35.7 Å². The van der Waals surface area contributed by atoms with Crippen molar-refractivity contribution in [2.24, 2.45) is 0 Å². The van der Waals surface area contributed by atoms with Gasteiger partial charge in [0.15, 0.2) is 5.69 Å². The highest BCUT2D eigenvalue weighted by Crippen LogP contribution is 2.33. The van der Waals surface area contributed by atoms with Crippen molar-refractivity contribution in [2.45, 2.75) is 26.1 Å². The van der Waals surface area contributed by atoms with Gasteiger partial charge in [-0.25, -0.2) is 9.69 Å². The highest BCUT2D eigenvalue weighted by Gasteiger charge is 2.24. The van der Waals surface area contributed by atoms with E-state index in [1.54, 1.807) is 24.3 Å². The molecule has 8 heteroatoms. The average Bonchev–Trinajstić information content (AvgIpc) is 3.17. The molecule has 1 N–H and O–H groups in total. The Labute approximate surface area is 200 Å². The van der Waals surface area contributed by atoms with Gasteiger partial charge in [0.1, 0.15) is 0 Å². The lowest BCUT2D eigenvalue weighted by Crippen LogP contribution is -2.45. The smallest absolute Gasteiger partial charge is 0.283 e. The fraction of sp³-hybridized carbons (Fsp3) is 0.273. The molecule has 0 unspecified atom stereocenters. The molecule has 0 atom stereocenters. The minimum atomic E-state index is -2.85. The summed E-state index contributed by atoms with van der Waals surface area (Å²) in [7, 11) is 0. The molecule has 2 heterocycles. The zero-order valence-electron chi connectivity index (χ0n) is 22.5. The third-order valence-corrected chi connectivity index (χ3v) is 5.25. The lowest BCUT2D eigenvalue weighted by molar-refractivity contribution is 0.0743. The van der Waals surface area contributed by atoms with Crippen molar-refractivity contribution in [3.8, 4) is 16.9 Å². The predicted molar refractivity (Wildman–Crippen MR) is 122 cm³/mol. The molecule has 0 bridgehead atoms. The maximum atomic E-state index is 13.5. The minimum absolute atomic E-state index is 0.0240. The zero-order chi connectivity index (χ0) is 27.3. The van der Waals surface area contributed by atoms with Gasteiger partial charge in [-0.2, -0.15) is 5.10 Å². The number of carbonyl (C=O) groups is 1. The van der Waals surface area contributed by atoms with E-state index in [2.05, 4.69) is 10.5 Å². The van der Waals surface area contributed by atoms with E-state index in [0.717, 1.165) is 0 Å². The average molecular weight is 471 g/mol. The molecule has 0 aliphatic carbocycles. The Morgan fingerprint density at radius 1 is 1.07 bits per heavy atom. The standard InChI is InChI=1S/C22H21Cl3N4O/c1-14-20(22(30)27-28-11-3-2-4-12-28)26-29(19-10-9-17(24)13-18(19)25)21(14)15-5-7-16(23)8-6-15/h5-10,13H,2-4,11-12H2,1H3,(H,27,30)/i1D3,11D2,12D2. The quantitative estimate of drug-likeness (QED) is 0.513. The Morgan fingerprint density at radius 2 is 1.77 bits per heavy atom. The SMILES string of the molecule is [2H]C([2H])([2H])c1c(C(=O)NN2C([2H])([2H])CCCC2([2H])[2H])nn(-c2ccc(Cl)cc2Cl)c1-c1ccc(Cl)cc1. The van der Waals surface area contributed by atoms with Crippen molar-refractivity contribution < 1.29 is 14.4 Å². The molecule has 30 heavy (non-hydrogen) atoms. The summed E-state index contributed by atoms with van der Waals surface area (Å²) < 4.78 is 58.8. The van der Waals surface area contributed by atoms with Crippen LogP contribution in [0.3, 0.4) is 0 Å². The van der Waals surface area contributed by atoms with Crippen LogP contribution in [0, 0.1) is 6.85 Å². The normalized spacial score (nSPS) is 21.9. The van der Waals surface area contributed by atoms with Crippen LogP contribution in [-0.4, -0.2) is 33.7 Å². The summed E-state index contributed by atoms with van der Waals surface area (Å²) >= 11 is 18.5. The van der Waals surface area contributed by atoms with E-state index < -0.39 is 37.0 Å². The molecular formula is C22H21Cl3N4O. The first-order valence-corrected chi connectivity index (χ1v) is 10.2. The number of rotatable bonds is 4. The number of piperidine rings is 1. The van der Waals surface area contributed by atoms with Crippen LogP contribution in [0.5, 0.6) is 0 Å². The van der Waals surface area contributed by atoms with Crippen molar-refractivity contribution in [1.29, 1.82) is 0 Å². The highest BCUT2D eigenvalue weighted by atomic mass is 35.5. The molecule has 1 aliphatic heterocycles. The summed E-state index contributed by atoms with van der Waals surface area (Å²) in [6.07, 6.45) is 0.227. The number of carbonyl (C=O) groups excluding carboxylic acids is 1. The number of halogens is 3. The summed E-state index contributed by atoms with van der Waals surface area (Å²) in [6, 6.07) is 10.7. The Morgan fingerprint density at radius 3 is 2.43 bits per heavy atom. The van der Waals surface area contributed by atoms with Crippen LogP contribution in [-0.2, 0) is 0 Å². The number of hydrogen-bond donors (Lipinski definition) is 1. The predicted octanol–water partition coefficient (Wildman–Crippen LogP) is 5.94. The van der Waals surface area contributed by atoms with Gasteiger partial charge < -0.3 is 0 Å². The summed E-state index contributed by atoms with van der Waals surface area (Å²) in [6.45, 7) is -7.27. The summed E-state index contributed by atoms with van der Waals surface area (Å²) in [5.74, 6) is -1.08. The topological polar surface area (TPSA) is 50.2 Å². The Bertz CT molecular complexity index is 1330. The van der Waals surface area contributed by atoms with Crippen LogP contribution in [0.1, 0.15) is 44.9 Å². The van der Waals surface area contributed by atoms with Crippen molar-refractivity contribution >= 4 is 40.7 Å². The first-order valence-electron chi connectivity index (χ1n) is 12.6. The number of nitrogens with one attached hydrogen (secondary N) is 1. The van der Waals surface area contributed by atoms with Gasteiger partial charge in [-0.3, -0.25) is 10.2 Å². The molecule has 1 aromatic heterocycles. The highest BCUT2D eigenvalue weighted by molar-refractivity contribution is 6.35. The number of hydrogen-bond acceptors (Lipinski definition) is 3. The number of amides is 1. The number of aromatic nitrogens is 2. The van der Waals surface area contributed by atoms with E-state index in [4.69, 9.17) is 44.4 Å². The van der Waals surface area contributed by atoms with E-state index >= 15 is 0 Å². The van der Waals surface area contributed by atoms with Gasteiger partial charge in [0, 0.05) is 43.8 Å². The Kier molecular flexibility index (Phi) is 4.22. The van der Waals surface area contributed by atoms with E-state index in [9.17, 15) is 4.79 Å². The molecule has 0 spiro atoms. The third kappa shape index (κ3) is 4.35. The van der Waals surface area contributed by atoms with Gasteiger partial charge in [-0.15, -0.1) is 0 Å². The molecule has 1 fully saturated rings. The number of nitrogens with zero attached hydrogens (tertiary/aromatic N) is 3. The van der Waals surface area contributed by atoms with E-state index in [1.807, 2.05) is 0 Å². The molecular weight excluding hydrogens is 443 g/mol. The molecule has 3 aromatic rings. The first-order chi connectivity index (χ1) is 17.1. The summed E-state index contributed by atoms with van der Waals surface area (Å²) in [4.78, 5) is 13.5. The van der Waals surface area contributed by atoms with Crippen LogP contribution >= 0.6 is 34.8 Å². The Balaban J connectivity index is 1.95. The maximum Gasteiger partial charge on any atom is 0.286 e. The van der Waals surface area contributed by atoms with Gasteiger partial charge in [-0.05, 0) is 50.0 Å². The second kappa shape index (κ2) is 8.98. The second-order valence-corrected chi connectivity index (χ2v) is 7.81. The molecule has 0 radical (unpaired) electrons. The van der Waals surface area contributed by atoms with Crippen LogP contribution in [0.25, 0.3) is 16.9 Å². The maximum absolute atomic E-state index is 13.5. The van der Waals surface area contributed by atoms with Gasteiger partial charge in [-0.1, -0.05) is 53.4 Å². The van der Waals surface area contributed by atoms with Gasteiger partial charge in [0.05, 0.1) is 16.4 Å². The zero-order valence-corrected chi connectivity index (χ0v) is 17.8. The molecule has 4 rings (SSSR count). The fourth-order valence-electron chi connectivity index (χ4n) is 3.04. The van der Waals surface area contributed by atoms with Crippen LogP contribution in [0.4, 0.5) is 0 Å². The molecule has 2 aromatic carbocycles. The van der Waals surface area contributed by atoms with E-state index in [1.165, 1.54) is 22.9 Å². The van der Waals surface area contributed by atoms with Crippen molar-refractivity contribution in [2.75, 3.05) is 13.0 Å². The monoisotopic (exact) mass is 469 g/mol. The van der Waals surface area contributed by atoms with Crippen LogP contribution in [0.2, 0.25) is 15.1 Å². The summed E-state index contributed by atoms with van der Waals surface area (Å²) in [5.41, 5.74) is 1.94. The first kappa shape index (κ1) is 14.1. The number of hydrazine groups is 1. The van der Waals surface area contributed by atoms with Gasteiger partial charge in [0.2, 0.25) is 0 Å². The van der Waals surface area contributed by atoms with Crippen molar-refractivity contribution in [3.63, 3.8) is 0 Å².